The number of nitrogens with zero attached hydrogens (tertiary/aromatic N) is 2. The average molecular weight is 306 g/mol. The number of rotatable bonds is 2. The van der Waals surface area contributed by atoms with Crippen LogP contribution in [0.3, 0.4) is 0 Å². The highest BCUT2D eigenvalue weighted by molar-refractivity contribution is 5.69. The Hall–Kier alpha value is -2.01. The van der Waals surface area contributed by atoms with Gasteiger partial charge >= 0.3 is 0 Å². The van der Waals surface area contributed by atoms with Crippen molar-refractivity contribution in [3.05, 3.63) is 47.9 Å². The van der Waals surface area contributed by atoms with Gasteiger partial charge in [0, 0.05) is 24.9 Å². The van der Waals surface area contributed by atoms with Gasteiger partial charge in [0.05, 0.1) is 17.3 Å². The molecule has 0 aromatic rings. The normalized spacial score (nSPS) is 26.9. The molecule has 1 saturated heterocycles. The highest BCUT2D eigenvalue weighted by Crippen LogP contribution is 2.23. The molecule has 0 aromatic carbocycles. The fourth-order valence-electron chi connectivity index (χ4n) is 3.24. The molecule has 0 amide bonds. The van der Waals surface area contributed by atoms with Crippen molar-refractivity contribution in [2.24, 2.45) is 16.8 Å². The van der Waals surface area contributed by atoms with Gasteiger partial charge in [0.15, 0.2) is 0 Å². The van der Waals surface area contributed by atoms with E-state index in [1.165, 1.54) is 19.3 Å². The van der Waals surface area contributed by atoms with Gasteiger partial charge in [-0.1, -0.05) is 49.6 Å². The summed E-state index contributed by atoms with van der Waals surface area (Å²) in [6, 6.07) is 0. The van der Waals surface area contributed by atoms with E-state index in [9.17, 15) is 0 Å². The molecular weight excluding hydrogens is 280 g/mol. The number of likely N-dealkylation sites (tertiary alicyclic amines) is 1. The molecule has 0 aromatic heterocycles. The maximum absolute atomic E-state index is 4.62. The SMILES string of the molecule is C=C(C1=CCC(C#CC2=CC(C)CC=C2)C=N1)N1CCCCC1. The van der Waals surface area contributed by atoms with Crippen LogP contribution in [0.4, 0.5) is 0 Å². The quantitative estimate of drug-likeness (QED) is 0.686. The molecule has 3 aliphatic rings. The van der Waals surface area contributed by atoms with Crippen molar-refractivity contribution >= 4 is 6.21 Å². The number of hydrogen-bond donors (Lipinski definition) is 0. The van der Waals surface area contributed by atoms with Crippen LogP contribution in [0.15, 0.2) is 52.8 Å². The second-order valence-corrected chi connectivity index (χ2v) is 6.71. The molecule has 0 bridgehead atoms. The van der Waals surface area contributed by atoms with Gasteiger partial charge in [-0.15, -0.1) is 0 Å². The lowest BCUT2D eigenvalue weighted by Crippen LogP contribution is -2.29. The summed E-state index contributed by atoms with van der Waals surface area (Å²) in [4.78, 5) is 6.99. The Morgan fingerprint density at radius 2 is 2.09 bits per heavy atom. The van der Waals surface area contributed by atoms with E-state index in [1.54, 1.807) is 0 Å². The fraction of sp³-hybridized carbons (Fsp3) is 0.476. The van der Waals surface area contributed by atoms with Crippen LogP contribution in [0.2, 0.25) is 0 Å². The Bertz CT molecular complexity index is 630. The Kier molecular flexibility index (Phi) is 5.18. The van der Waals surface area contributed by atoms with Crippen LogP contribution >= 0.6 is 0 Å². The summed E-state index contributed by atoms with van der Waals surface area (Å²) in [6.07, 6.45) is 16.7. The lowest BCUT2D eigenvalue weighted by molar-refractivity contribution is 0.290. The maximum atomic E-state index is 4.62. The predicted molar refractivity (Wildman–Crippen MR) is 98.0 cm³/mol. The molecule has 120 valence electrons. The zero-order valence-corrected chi connectivity index (χ0v) is 14.1. The summed E-state index contributed by atoms with van der Waals surface area (Å²) in [6.45, 7) is 8.71. The van der Waals surface area contributed by atoms with Crippen LogP contribution in [0.5, 0.6) is 0 Å². The molecule has 3 rings (SSSR count). The zero-order chi connectivity index (χ0) is 16.1. The minimum atomic E-state index is 0.222. The summed E-state index contributed by atoms with van der Waals surface area (Å²) >= 11 is 0. The van der Waals surface area contributed by atoms with Crippen molar-refractivity contribution in [2.45, 2.75) is 39.0 Å². The van der Waals surface area contributed by atoms with E-state index >= 15 is 0 Å². The van der Waals surface area contributed by atoms with Gasteiger partial charge in [-0.3, -0.25) is 4.99 Å². The minimum absolute atomic E-state index is 0.222. The monoisotopic (exact) mass is 306 g/mol. The molecule has 2 heterocycles. The van der Waals surface area contributed by atoms with Crippen LogP contribution < -0.4 is 0 Å². The molecular formula is C21H26N2. The van der Waals surface area contributed by atoms with Crippen molar-refractivity contribution in [2.75, 3.05) is 13.1 Å². The van der Waals surface area contributed by atoms with E-state index in [0.717, 1.165) is 42.9 Å². The number of aliphatic imine (C=N–C) groups is 1. The molecule has 2 nitrogen and oxygen atoms in total. The molecule has 0 N–H and O–H groups in total. The van der Waals surface area contributed by atoms with Crippen molar-refractivity contribution in [3.8, 4) is 11.8 Å². The summed E-state index contributed by atoms with van der Waals surface area (Å²) in [5.74, 6) is 7.47. The second-order valence-electron chi connectivity index (χ2n) is 6.71. The van der Waals surface area contributed by atoms with E-state index < -0.39 is 0 Å². The third-order valence-corrected chi connectivity index (χ3v) is 4.66. The van der Waals surface area contributed by atoms with Gasteiger partial charge in [0.1, 0.15) is 0 Å². The van der Waals surface area contributed by atoms with E-state index in [2.05, 4.69) is 59.5 Å². The van der Waals surface area contributed by atoms with E-state index in [0.29, 0.717) is 5.92 Å². The first-order valence-corrected chi connectivity index (χ1v) is 8.81. The first kappa shape index (κ1) is 15.9. The van der Waals surface area contributed by atoms with Crippen LogP contribution in [-0.4, -0.2) is 24.2 Å². The van der Waals surface area contributed by atoms with Crippen LogP contribution in [0.25, 0.3) is 0 Å². The standard InChI is InChI=1S/C21H26N2/c1-17-7-6-8-19(15-17)9-10-20-11-12-21(22-16-20)18(2)23-13-4-3-5-14-23/h6,8,12,15-17,20H,2-5,7,11,13-14H2,1H3. The van der Waals surface area contributed by atoms with Gasteiger partial charge in [0.2, 0.25) is 0 Å². The van der Waals surface area contributed by atoms with Gasteiger partial charge in [-0.25, -0.2) is 0 Å². The molecule has 2 heteroatoms. The Morgan fingerprint density at radius 3 is 2.78 bits per heavy atom. The molecule has 23 heavy (non-hydrogen) atoms. The third kappa shape index (κ3) is 4.26. The smallest absolute Gasteiger partial charge is 0.0814 e. The summed E-state index contributed by atoms with van der Waals surface area (Å²) in [5, 5.41) is 0. The Labute approximate surface area is 140 Å². The van der Waals surface area contributed by atoms with Crippen LogP contribution in [0.1, 0.15) is 39.0 Å². The third-order valence-electron chi connectivity index (χ3n) is 4.66. The number of piperidine rings is 1. The first-order chi connectivity index (χ1) is 11.2. The summed E-state index contributed by atoms with van der Waals surface area (Å²) in [7, 11) is 0. The Morgan fingerprint density at radius 1 is 1.26 bits per heavy atom. The summed E-state index contributed by atoms with van der Waals surface area (Å²) in [5.41, 5.74) is 3.26. The van der Waals surface area contributed by atoms with Crippen molar-refractivity contribution < 1.29 is 0 Å². The molecule has 2 aliphatic heterocycles. The topological polar surface area (TPSA) is 15.6 Å². The Balaban J connectivity index is 1.58. The average Bonchev–Trinajstić information content (AvgIpc) is 2.61. The highest BCUT2D eigenvalue weighted by atomic mass is 15.2. The maximum Gasteiger partial charge on any atom is 0.0814 e. The van der Waals surface area contributed by atoms with Gasteiger partial charge in [-0.05, 0) is 38.0 Å². The van der Waals surface area contributed by atoms with Crippen molar-refractivity contribution in [1.82, 2.24) is 4.90 Å². The van der Waals surface area contributed by atoms with Crippen molar-refractivity contribution in [1.29, 1.82) is 0 Å². The number of hydrogen-bond acceptors (Lipinski definition) is 2. The molecule has 1 fully saturated rings. The highest BCUT2D eigenvalue weighted by Gasteiger charge is 2.17. The minimum Gasteiger partial charge on any atom is -0.370 e. The van der Waals surface area contributed by atoms with E-state index in [1.807, 2.05) is 6.21 Å². The molecule has 2 unspecified atom stereocenters. The van der Waals surface area contributed by atoms with E-state index in [-0.39, 0.29) is 5.92 Å². The molecule has 0 spiro atoms. The lowest BCUT2D eigenvalue weighted by atomic mass is 9.97. The largest absolute Gasteiger partial charge is 0.370 e. The zero-order valence-electron chi connectivity index (χ0n) is 14.1. The molecule has 0 radical (unpaired) electrons. The second kappa shape index (κ2) is 7.51. The fourth-order valence-corrected chi connectivity index (χ4v) is 3.24. The molecule has 1 aliphatic carbocycles. The first-order valence-electron chi connectivity index (χ1n) is 8.81. The van der Waals surface area contributed by atoms with Gasteiger partial charge in [-0.2, -0.15) is 0 Å². The molecule has 2 atom stereocenters. The van der Waals surface area contributed by atoms with Crippen LogP contribution in [-0.2, 0) is 0 Å². The van der Waals surface area contributed by atoms with Gasteiger partial charge in [0.25, 0.3) is 0 Å². The molecule has 0 saturated carbocycles. The number of allylic oxidation sites excluding steroid dienone is 5. The predicted octanol–water partition coefficient (Wildman–Crippen LogP) is 4.49. The van der Waals surface area contributed by atoms with Gasteiger partial charge < -0.3 is 4.90 Å². The van der Waals surface area contributed by atoms with Crippen LogP contribution in [0, 0.1) is 23.7 Å². The van der Waals surface area contributed by atoms with E-state index in [4.69, 9.17) is 0 Å². The summed E-state index contributed by atoms with van der Waals surface area (Å²) < 4.78 is 0. The lowest BCUT2D eigenvalue weighted by Gasteiger charge is -2.31. The van der Waals surface area contributed by atoms with Crippen molar-refractivity contribution in [3.63, 3.8) is 0 Å².